The lowest BCUT2D eigenvalue weighted by atomic mass is 10.0. The number of carbonyl (C=O) groups is 2. The number of pyridine rings is 1. The lowest BCUT2D eigenvalue weighted by Gasteiger charge is -2.18. The molecule has 0 radical (unpaired) electrons. The Morgan fingerprint density at radius 1 is 1.00 bits per heavy atom. The molecule has 0 aliphatic rings. The highest BCUT2D eigenvalue weighted by Gasteiger charge is 2.21. The number of hydrogen-bond acceptors (Lipinski definition) is 5. The van der Waals surface area contributed by atoms with Gasteiger partial charge in [-0.2, -0.15) is 5.10 Å². The van der Waals surface area contributed by atoms with E-state index >= 15 is 0 Å². The van der Waals surface area contributed by atoms with E-state index in [0.717, 1.165) is 44.7 Å². The lowest BCUT2D eigenvalue weighted by molar-refractivity contribution is -0.136. The molecule has 3 aromatic carbocycles. The maximum Gasteiger partial charge on any atom is 0.305 e. The number of carbonyl (C=O) groups excluding carboxylic acids is 1. The van der Waals surface area contributed by atoms with Crippen molar-refractivity contribution in [3.05, 3.63) is 99.7 Å². The van der Waals surface area contributed by atoms with E-state index in [9.17, 15) is 9.59 Å². The molecule has 5 rings (SSSR count). The Bertz CT molecular complexity index is 1780. The molecule has 0 spiro atoms. The number of aromatic nitrogens is 3. The summed E-state index contributed by atoms with van der Waals surface area (Å²) in [6, 6.07) is 22.2. The Hall–Kier alpha value is -4.40. The van der Waals surface area contributed by atoms with E-state index < -0.39 is 5.97 Å². The largest absolute Gasteiger partial charge is 0.497 e. The number of aliphatic carboxylic acids is 1. The van der Waals surface area contributed by atoms with Crippen LogP contribution in [0.25, 0.3) is 33.4 Å². The smallest absolute Gasteiger partial charge is 0.305 e. The van der Waals surface area contributed by atoms with Crippen molar-refractivity contribution in [1.29, 1.82) is 0 Å². The molecule has 2 heterocycles. The Morgan fingerprint density at radius 2 is 1.71 bits per heavy atom. The summed E-state index contributed by atoms with van der Waals surface area (Å²) in [5, 5.41) is 18.4. The SMILES string of the molecule is COc1ccc2cc(-c3cc(-c4cc(Cl)cc(Cl)c4)nn3C(C)c3ccc(C(=O)NCCC(=O)O)cc3)c(C)nc2c1. The first-order valence-corrected chi connectivity index (χ1v) is 14.0. The predicted octanol–water partition coefficient (Wildman–Crippen LogP) is 7.20. The van der Waals surface area contributed by atoms with E-state index in [1.54, 1.807) is 25.3 Å². The third-order valence-corrected chi connectivity index (χ3v) is 7.47. The Labute approximate surface area is 252 Å². The minimum atomic E-state index is -0.967. The number of halogens is 2. The van der Waals surface area contributed by atoms with Crippen molar-refractivity contribution < 1.29 is 19.4 Å². The summed E-state index contributed by atoms with van der Waals surface area (Å²) in [7, 11) is 1.63. The fraction of sp³-hybridized carbons (Fsp3) is 0.188. The minimum absolute atomic E-state index is 0.0607. The minimum Gasteiger partial charge on any atom is -0.497 e. The van der Waals surface area contributed by atoms with Crippen LogP contribution in [-0.4, -0.2) is 45.4 Å². The van der Waals surface area contributed by atoms with Crippen LogP contribution in [0.15, 0.2) is 72.8 Å². The molecule has 0 saturated heterocycles. The zero-order chi connectivity index (χ0) is 30.0. The zero-order valence-corrected chi connectivity index (χ0v) is 24.7. The highest BCUT2D eigenvalue weighted by atomic mass is 35.5. The van der Waals surface area contributed by atoms with E-state index in [4.69, 9.17) is 43.1 Å². The number of methoxy groups -OCH3 is 1. The van der Waals surface area contributed by atoms with Crippen LogP contribution in [0, 0.1) is 6.92 Å². The van der Waals surface area contributed by atoms with E-state index in [1.807, 2.05) is 67.1 Å². The summed E-state index contributed by atoms with van der Waals surface area (Å²) < 4.78 is 7.31. The second-order valence-electron chi connectivity index (χ2n) is 9.90. The van der Waals surface area contributed by atoms with Gasteiger partial charge in [-0.05, 0) is 74.0 Å². The van der Waals surface area contributed by atoms with E-state index in [0.29, 0.717) is 21.3 Å². The second-order valence-corrected chi connectivity index (χ2v) is 10.8. The van der Waals surface area contributed by atoms with E-state index in [2.05, 4.69) is 11.4 Å². The molecule has 0 saturated carbocycles. The van der Waals surface area contributed by atoms with E-state index in [-0.39, 0.29) is 24.9 Å². The van der Waals surface area contributed by atoms with Crippen molar-refractivity contribution in [2.24, 2.45) is 0 Å². The molecule has 214 valence electrons. The number of benzene rings is 3. The van der Waals surface area contributed by atoms with Crippen LogP contribution in [-0.2, 0) is 4.79 Å². The molecule has 0 bridgehead atoms. The first-order chi connectivity index (χ1) is 20.1. The Morgan fingerprint density at radius 3 is 2.38 bits per heavy atom. The van der Waals surface area contributed by atoms with Crippen LogP contribution >= 0.6 is 23.2 Å². The van der Waals surface area contributed by atoms with Gasteiger partial charge in [-0.25, -0.2) is 0 Å². The first kappa shape index (κ1) is 29.1. The number of nitrogens with zero attached hydrogens (tertiary/aromatic N) is 3. The van der Waals surface area contributed by atoms with Gasteiger partial charge < -0.3 is 15.2 Å². The number of hydrogen-bond donors (Lipinski definition) is 2. The molecule has 1 atom stereocenters. The monoisotopic (exact) mass is 602 g/mol. The third kappa shape index (κ3) is 6.25. The Kier molecular flexibility index (Phi) is 8.47. The summed E-state index contributed by atoms with van der Waals surface area (Å²) in [4.78, 5) is 28.1. The van der Waals surface area contributed by atoms with Crippen LogP contribution in [0.4, 0.5) is 0 Å². The van der Waals surface area contributed by atoms with Crippen molar-refractivity contribution in [2.75, 3.05) is 13.7 Å². The molecule has 0 fully saturated rings. The van der Waals surface area contributed by atoms with Gasteiger partial charge in [0.1, 0.15) is 5.75 Å². The lowest BCUT2D eigenvalue weighted by Crippen LogP contribution is -2.26. The third-order valence-electron chi connectivity index (χ3n) is 7.03. The predicted molar refractivity (Wildman–Crippen MR) is 165 cm³/mol. The van der Waals surface area contributed by atoms with Crippen LogP contribution in [0.5, 0.6) is 5.75 Å². The van der Waals surface area contributed by atoms with Gasteiger partial charge in [0.15, 0.2) is 0 Å². The number of ether oxygens (including phenoxy) is 1. The zero-order valence-electron chi connectivity index (χ0n) is 23.2. The molecule has 2 N–H and O–H groups in total. The van der Waals surface area contributed by atoms with Gasteiger partial charge in [-0.3, -0.25) is 19.3 Å². The van der Waals surface area contributed by atoms with Crippen molar-refractivity contribution in [3.63, 3.8) is 0 Å². The fourth-order valence-electron chi connectivity index (χ4n) is 4.80. The summed E-state index contributed by atoms with van der Waals surface area (Å²) in [6.45, 7) is 4.05. The quantitative estimate of drug-likeness (QED) is 0.185. The molecule has 8 nitrogen and oxygen atoms in total. The molecule has 1 unspecified atom stereocenters. The normalized spacial score (nSPS) is 11.8. The van der Waals surface area contributed by atoms with Gasteiger partial charge in [0, 0.05) is 50.4 Å². The van der Waals surface area contributed by atoms with Crippen LogP contribution in [0.2, 0.25) is 10.0 Å². The molecule has 10 heteroatoms. The average molecular weight is 604 g/mol. The molecular weight excluding hydrogens is 575 g/mol. The second kappa shape index (κ2) is 12.2. The maximum atomic E-state index is 12.5. The topological polar surface area (TPSA) is 106 Å². The van der Waals surface area contributed by atoms with Crippen LogP contribution in [0.1, 0.15) is 41.0 Å². The number of carboxylic acids is 1. The van der Waals surface area contributed by atoms with Gasteiger partial charge >= 0.3 is 5.97 Å². The number of nitrogens with one attached hydrogen (secondary N) is 1. The number of amides is 1. The van der Waals surface area contributed by atoms with Gasteiger partial charge in [-0.15, -0.1) is 0 Å². The summed E-state index contributed by atoms with van der Waals surface area (Å²) in [5.74, 6) is -0.560. The molecule has 2 aromatic heterocycles. The van der Waals surface area contributed by atoms with Gasteiger partial charge in [-0.1, -0.05) is 35.3 Å². The molecule has 5 aromatic rings. The van der Waals surface area contributed by atoms with Crippen LogP contribution in [0.3, 0.4) is 0 Å². The highest BCUT2D eigenvalue weighted by molar-refractivity contribution is 6.35. The van der Waals surface area contributed by atoms with Gasteiger partial charge in [0.25, 0.3) is 5.91 Å². The molecule has 0 aliphatic carbocycles. The number of fused-ring (bicyclic) bond motifs is 1. The van der Waals surface area contributed by atoms with Gasteiger partial charge in [0.05, 0.1) is 36.5 Å². The summed E-state index contributed by atoms with van der Waals surface area (Å²) in [6.07, 6.45) is -0.139. The first-order valence-electron chi connectivity index (χ1n) is 13.2. The number of carboxylic acid groups (broad SMARTS) is 1. The molecular formula is C32H28Cl2N4O4. The van der Waals surface area contributed by atoms with Crippen molar-refractivity contribution in [3.8, 4) is 28.3 Å². The molecule has 1 amide bonds. The maximum absolute atomic E-state index is 12.5. The van der Waals surface area contributed by atoms with Crippen LogP contribution < -0.4 is 10.1 Å². The van der Waals surface area contributed by atoms with Crippen molar-refractivity contribution in [2.45, 2.75) is 26.3 Å². The fourth-order valence-corrected chi connectivity index (χ4v) is 5.33. The number of rotatable bonds is 9. The van der Waals surface area contributed by atoms with Gasteiger partial charge in [0.2, 0.25) is 0 Å². The average Bonchev–Trinajstić information content (AvgIpc) is 3.41. The summed E-state index contributed by atoms with van der Waals surface area (Å²) in [5.41, 5.74) is 6.27. The number of aryl methyl sites for hydroxylation is 1. The van der Waals surface area contributed by atoms with Crippen molar-refractivity contribution in [1.82, 2.24) is 20.1 Å². The Balaban J connectivity index is 1.56. The standard InChI is InChI=1S/C32H28Cl2N4O4/c1-18-27(14-22-8-9-26(42-3)16-28(22)36-18)30-17-29(23-12-24(33)15-25(34)13-23)37-38(30)19(2)20-4-6-21(7-5-20)32(41)35-11-10-31(39)40/h4-9,12-17,19H,10-11H2,1-3H3,(H,35,41)(H,39,40). The highest BCUT2D eigenvalue weighted by Crippen LogP contribution is 2.35. The van der Waals surface area contributed by atoms with E-state index in [1.165, 1.54) is 0 Å². The molecule has 42 heavy (non-hydrogen) atoms. The van der Waals surface area contributed by atoms with Crippen molar-refractivity contribution >= 4 is 46.0 Å². The summed E-state index contributed by atoms with van der Waals surface area (Å²) >= 11 is 12.6. The molecule has 0 aliphatic heterocycles.